The molecule has 0 aromatic heterocycles. The Morgan fingerprint density at radius 3 is 2.71 bits per heavy atom. The molecule has 3 heteroatoms. The fraction of sp³-hybridized carbons (Fsp3) is 0.357. The second kappa shape index (κ2) is 7.49. The van der Waals surface area contributed by atoms with Crippen molar-refractivity contribution in [3.8, 4) is 5.75 Å². The number of hydrogen-bond acceptors (Lipinski definition) is 3. The number of unbranched alkanes of at least 4 members (excludes halogenated alkanes) is 1. The molecule has 0 aliphatic rings. The summed E-state index contributed by atoms with van der Waals surface area (Å²) >= 11 is 0. The first kappa shape index (κ1) is 13.3. The van der Waals surface area contributed by atoms with Gasteiger partial charge in [-0.3, -0.25) is 0 Å². The molecule has 1 N–H and O–H groups in total. The standard InChI is InChI=1S/C14H18O3/c1-2-3-4-5-14(16)17-11-10-12-6-8-13(15)9-7-12/h4-9,15H,2-3,10-11H2,1H3. The molecule has 3 nitrogen and oxygen atoms in total. The van der Waals surface area contributed by atoms with Crippen LogP contribution in [-0.2, 0) is 16.0 Å². The highest BCUT2D eigenvalue weighted by molar-refractivity contribution is 5.81. The summed E-state index contributed by atoms with van der Waals surface area (Å²) in [7, 11) is 0. The lowest BCUT2D eigenvalue weighted by molar-refractivity contribution is -0.137. The SMILES string of the molecule is CCCC=CC(=O)OCCc1ccc(O)cc1. The quantitative estimate of drug-likeness (QED) is 0.608. The largest absolute Gasteiger partial charge is 0.508 e. The Morgan fingerprint density at radius 2 is 2.06 bits per heavy atom. The van der Waals surface area contributed by atoms with Gasteiger partial charge in [-0.1, -0.05) is 31.6 Å². The van der Waals surface area contributed by atoms with Gasteiger partial charge in [0.15, 0.2) is 0 Å². The van der Waals surface area contributed by atoms with Crippen LogP contribution in [0, 0.1) is 0 Å². The summed E-state index contributed by atoms with van der Waals surface area (Å²) in [6.07, 6.45) is 5.88. The number of ether oxygens (including phenoxy) is 1. The molecule has 0 saturated heterocycles. The second-order valence-electron chi connectivity index (χ2n) is 3.77. The van der Waals surface area contributed by atoms with Gasteiger partial charge in [0.25, 0.3) is 0 Å². The molecule has 0 saturated carbocycles. The maximum atomic E-state index is 11.2. The second-order valence-corrected chi connectivity index (χ2v) is 3.77. The van der Waals surface area contributed by atoms with Crippen molar-refractivity contribution >= 4 is 5.97 Å². The first-order valence-electron chi connectivity index (χ1n) is 5.83. The van der Waals surface area contributed by atoms with Crippen molar-refractivity contribution in [2.45, 2.75) is 26.2 Å². The van der Waals surface area contributed by atoms with Crippen LogP contribution in [0.1, 0.15) is 25.3 Å². The van der Waals surface area contributed by atoms with E-state index < -0.39 is 0 Å². The van der Waals surface area contributed by atoms with Crippen molar-refractivity contribution in [2.24, 2.45) is 0 Å². The van der Waals surface area contributed by atoms with E-state index in [0.29, 0.717) is 13.0 Å². The third-order valence-corrected chi connectivity index (χ3v) is 2.28. The zero-order chi connectivity index (χ0) is 12.5. The van der Waals surface area contributed by atoms with E-state index in [1.165, 1.54) is 6.08 Å². The molecular formula is C14H18O3. The molecule has 0 spiro atoms. The lowest BCUT2D eigenvalue weighted by Gasteiger charge is -2.02. The minimum Gasteiger partial charge on any atom is -0.508 e. The van der Waals surface area contributed by atoms with Gasteiger partial charge in [-0.25, -0.2) is 4.79 Å². The van der Waals surface area contributed by atoms with Gasteiger partial charge in [-0.15, -0.1) is 0 Å². The summed E-state index contributed by atoms with van der Waals surface area (Å²) in [5.41, 5.74) is 1.04. The lowest BCUT2D eigenvalue weighted by atomic mass is 10.1. The monoisotopic (exact) mass is 234 g/mol. The Kier molecular flexibility index (Phi) is 5.86. The number of esters is 1. The fourth-order valence-corrected chi connectivity index (χ4v) is 1.33. The molecule has 0 unspecified atom stereocenters. The smallest absolute Gasteiger partial charge is 0.330 e. The first-order chi connectivity index (χ1) is 8.22. The Morgan fingerprint density at radius 1 is 1.35 bits per heavy atom. The average molecular weight is 234 g/mol. The summed E-state index contributed by atoms with van der Waals surface area (Å²) in [6, 6.07) is 6.88. The molecule has 0 radical (unpaired) electrons. The molecule has 0 bridgehead atoms. The summed E-state index contributed by atoms with van der Waals surface area (Å²) in [4.78, 5) is 11.2. The van der Waals surface area contributed by atoms with Crippen LogP contribution >= 0.6 is 0 Å². The topological polar surface area (TPSA) is 46.5 Å². The molecule has 1 rings (SSSR count). The number of phenols is 1. The summed E-state index contributed by atoms with van der Waals surface area (Å²) in [5, 5.41) is 9.10. The van der Waals surface area contributed by atoms with Crippen LogP contribution in [-0.4, -0.2) is 17.7 Å². The molecular weight excluding hydrogens is 216 g/mol. The zero-order valence-electron chi connectivity index (χ0n) is 10.1. The van der Waals surface area contributed by atoms with Crippen molar-refractivity contribution in [1.82, 2.24) is 0 Å². The molecule has 0 aliphatic carbocycles. The van der Waals surface area contributed by atoms with E-state index in [-0.39, 0.29) is 11.7 Å². The Labute approximate surface area is 102 Å². The number of rotatable bonds is 6. The Bertz CT molecular complexity index is 366. The third-order valence-electron chi connectivity index (χ3n) is 2.28. The summed E-state index contributed by atoms with van der Waals surface area (Å²) in [5.74, 6) is -0.0505. The zero-order valence-corrected chi connectivity index (χ0v) is 10.1. The molecule has 1 aromatic rings. The van der Waals surface area contributed by atoms with Gasteiger partial charge in [-0.05, 0) is 24.1 Å². The van der Waals surface area contributed by atoms with Crippen LogP contribution in [0.15, 0.2) is 36.4 Å². The minimum absolute atomic E-state index is 0.244. The molecule has 0 aliphatic heterocycles. The predicted molar refractivity (Wildman–Crippen MR) is 66.8 cm³/mol. The van der Waals surface area contributed by atoms with Crippen LogP contribution in [0.3, 0.4) is 0 Å². The maximum absolute atomic E-state index is 11.2. The highest BCUT2D eigenvalue weighted by atomic mass is 16.5. The van der Waals surface area contributed by atoms with Gasteiger partial charge in [0.2, 0.25) is 0 Å². The van der Waals surface area contributed by atoms with Crippen LogP contribution in [0.2, 0.25) is 0 Å². The highest BCUT2D eigenvalue weighted by Crippen LogP contribution is 2.09. The van der Waals surface area contributed by atoms with E-state index in [1.807, 2.05) is 18.2 Å². The van der Waals surface area contributed by atoms with Gasteiger partial charge in [0, 0.05) is 12.5 Å². The fourth-order valence-electron chi connectivity index (χ4n) is 1.33. The number of hydrogen-bond donors (Lipinski definition) is 1. The van der Waals surface area contributed by atoms with Crippen molar-refractivity contribution < 1.29 is 14.6 Å². The molecule has 1 aromatic carbocycles. The number of allylic oxidation sites excluding steroid dienone is 1. The number of carbonyl (C=O) groups is 1. The molecule has 0 amide bonds. The average Bonchev–Trinajstić information content (AvgIpc) is 2.32. The van der Waals surface area contributed by atoms with Crippen LogP contribution < -0.4 is 0 Å². The predicted octanol–water partition coefficient (Wildman–Crippen LogP) is 2.83. The molecule has 0 atom stereocenters. The summed E-state index contributed by atoms with van der Waals surface area (Å²) in [6.45, 7) is 2.42. The van der Waals surface area contributed by atoms with Gasteiger partial charge in [-0.2, -0.15) is 0 Å². The van der Waals surface area contributed by atoms with Crippen molar-refractivity contribution in [3.05, 3.63) is 42.0 Å². The maximum Gasteiger partial charge on any atom is 0.330 e. The number of carbonyl (C=O) groups excluding carboxylic acids is 1. The molecule has 0 fully saturated rings. The molecule has 92 valence electrons. The molecule has 0 heterocycles. The minimum atomic E-state index is -0.294. The van der Waals surface area contributed by atoms with E-state index in [1.54, 1.807) is 12.1 Å². The third kappa shape index (κ3) is 5.76. The number of benzene rings is 1. The lowest BCUT2D eigenvalue weighted by Crippen LogP contribution is -2.04. The van der Waals surface area contributed by atoms with Crippen LogP contribution in [0.4, 0.5) is 0 Å². The van der Waals surface area contributed by atoms with Crippen LogP contribution in [0.5, 0.6) is 5.75 Å². The van der Waals surface area contributed by atoms with E-state index in [0.717, 1.165) is 18.4 Å². The number of phenolic OH excluding ortho intramolecular Hbond substituents is 1. The Hall–Kier alpha value is -1.77. The van der Waals surface area contributed by atoms with Gasteiger partial charge >= 0.3 is 5.97 Å². The van der Waals surface area contributed by atoms with Crippen molar-refractivity contribution in [1.29, 1.82) is 0 Å². The van der Waals surface area contributed by atoms with E-state index in [9.17, 15) is 4.79 Å². The van der Waals surface area contributed by atoms with E-state index >= 15 is 0 Å². The Balaban J connectivity index is 2.23. The number of aromatic hydroxyl groups is 1. The van der Waals surface area contributed by atoms with Crippen molar-refractivity contribution in [2.75, 3.05) is 6.61 Å². The van der Waals surface area contributed by atoms with Gasteiger partial charge in [0.1, 0.15) is 5.75 Å². The van der Waals surface area contributed by atoms with E-state index in [2.05, 4.69) is 6.92 Å². The molecule has 17 heavy (non-hydrogen) atoms. The van der Waals surface area contributed by atoms with E-state index in [4.69, 9.17) is 9.84 Å². The van der Waals surface area contributed by atoms with Crippen LogP contribution in [0.25, 0.3) is 0 Å². The first-order valence-corrected chi connectivity index (χ1v) is 5.83. The van der Waals surface area contributed by atoms with Gasteiger partial charge < -0.3 is 9.84 Å². The van der Waals surface area contributed by atoms with Gasteiger partial charge in [0.05, 0.1) is 6.61 Å². The normalized spacial score (nSPS) is 10.6. The summed E-state index contributed by atoms with van der Waals surface area (Å²) < 4.78 is 5.03. The highest BCUT2D eigenvalue weighted by Gasteiger charge is 1.98. The van der Waals surface area contributed by atoms with Crippen molar-refractivity contribution in [3.63, 3.8) is 0 Å².